The number of rotatable bonds is 7. The van der Waals surface area contributed by atoms with Gasteiger partial charge in [-0.3, -0.25) is 9.59 Å². The summed E-state index contributed by atoms with van der Waals surface area (Å²) in [5.41, 5.74) is 2.03. The van der Waals surface area contributed by atoms with E-state index in [9.17, 15) is 19.8 Å². The molecule has 1 amide bonds. The number of carbonyl (C=O) groups is 2. The van der Waals surface area contributed by atoms with Gasteiger partial charge in [0.25, 0.3) is 11.7 Å². The van der Waals surface area contributed by atoms with E-state index in [0.29, 0.717) is 29.2 Å². The van der Waals surface area contributed by atoms with Crippen LogP contribution in [-0.2, 0) is 21.5 Å². The van der Waals surface area contributed by atoms with Crippen molar-refractivity contribution in [3.63, 3.8) is 0 Å². The van der Waals surface area contributed by atoms with Crippen molar-refractivity contribution in [2.24, 2.45) is 0 Å². The Kier molecular flexibility index (Phi) is 8.20. The van der Waals surface area contributed by atoms with Gasteiger partial charge in [0.05, 0.1) is 18.2 Å². The minimum Gasteiger partial charge on any atom is -0.508 e. The molecule has 0 bridgehead atoms. The Hall–Kier alpha value is -4.26. The average Bonchev–Trinajstić information content (AvgIpc) is 3.13. The largest absolute Gasteiger partial charge is 0.508 e. The molecule has 1 aliphatic heterocycles. The topological polar surface area (TPSA) is 96.3 Å². The van der Waals surface area contributed by atoms with Crippen LogP contribution in [0.4, 0.5) is 0 Å². The van der Waals surface area contributed by atoms with Crippen LogP contribution in [0.5, 0.6) is 17.2 Å². The second-order valence-electron chi connectivity index (χ2n) is 12.3. The summed E-state index contributed by atoms with van der Waals surface area (Å²) in [7, 11) is 0. The monoisotopic (exact) mass is 557 g/mol. The van der Waals surface area contributed by atoms with E-state index >= 15 is 0 Å². The maximum Gasteiger partial charge on any atom is 0.295 e. The maximum atomic E-state index is 13.5. The first-order valence-corrected chi connectivity index (χ1v) is 13.8. The lowest BCUT2D eigenvalue weighted by molar-refractivity contribution is -0.140. The van der Waals surface area contributed by atoms with Gasteiger partial charge in [0, 0.05) is 17.7 Å². The van der Waals surface area contributed by atoms with Crippen LogP contribution in [0.25, 0.3) is 5.76 Å². The molecule has 4 rings (SSSR count). The number of hydrogen-bond acceptors (Lipinski definition) is 6. The molecular formula is C34H39NO6. The van der Waals surface area contributed by atoms with Crippen LogP contribution in [0.2, 0.25) is 0 Å². The number of likely N-dealkylation sites (tertiary alicyclic amines) is 1. The Morgan fingerprint density at radius 1 is 0.902 bits per heavy atom. The van der Waals surface area contributed by atoms with Gasteiger partial charge in [0.2, 0.25) is 0 Å². The number of benzene rings is 3. The van der Waals surface area contributed by atoms with Crippen molar-refractivity contribution in [2.45, 2.75) is 72.1 Å². The molecule has 1 fully saturated rings. The third-order valence-electron chi connectivity index (χ3n) is 6.81. The van der Waals surface area contributed by atoms with Gasteiger partial charge in [0.1, 0.15) is 28.6 Å². The number of amides is 1. The number of ketones is 1. The van der Waals surface area contributed by atoms with E-state index in [1.54, 1.807) is 24.3 Å². The number of aliphatic hydroxyl groups is 1. The first-order chi connectivity index (χ1) is 19.2. The fourth-order valence-corrected chi connectivity index (χ4v) is 4.96. The molecule has 0 saturated carbocycles. The van der Waals surface area contributed by atoms with Crippen molar-refractivity contribution >= 4 is 17.4 Å². The number of aromatic hydroxyl groups is 1. The molecule has 0 aromatic heterocycles. The number of carbonyl (C=O) groups excluding carboxylic acids is 2. The summed E-state index contributed by atoms with van der Waals surface area (Å²) in [4.78, 5) is 28.5. The summed E-state index contributed by atoms with van der Waals surface area (Å²) in [6.07, 6.45) is 0. The highest BCUT2D eigenvalue weighted by atomic mass is 16.5. The zero-order valence-corrected chi connectivity index (χ0v) is 24.8. The minimum atomic E-state index is -0.856. The van der Waals surface area contributed by atoms with E-state index in [-0.39, 0.29) is 34.6 Å². The molecule has 0 spiro atoms. The molecule has 216 valence electrons. The fourth-order valence-electron chi connectivity index (χ4n) is 4.96. The molecule has 7 heteroatoms. The van der Waals surface area contributed by atoms with Crippen molar-refractivity contribution in [2.75, 3.05) is 6.61 Å². The minimum absolute atomic E-state index is 0.00241. The first-order valence-electron chi connectivity index (χ1n) is 13.8. The Balaban J connectivity index is 1.80. The van der Waals surface area contributed by atoms with Crippen molar-refractivity contribution in [1.82, 2.24) is 4.90 Å². The molecule has 0 radical (unpaired) electrons. The van der Waals surface area contributed by atoms with Crippen molar-refractivity contribution in [1.29, 1.82) is 0 Å². The zero-order valence-electron chi connectivity index (χ0n) is 24.8. The quantitative estimate of drug-likeness (QED) is 0.187. The van der Waals surface area contributed by atoms with Crippen LogP contribution in [-0.4, -0.2) is 39.0 Å². The normalized spacial score (nSPS) is 17.1. The number of ether oxygens (including phenoxy) is 2. The van der Waals surface area contributed by atoms with E-state index < -0.39 is 17.7 Å². The average molecular weight is 558 g/mol. The first kappa shape index (κ1) is 29.7. The van der Waals surface area contributed by atoms with E-state index in [4.69, 9.17) is 9.47 Å². The van der Waals surface area contributed by atoms with Crippen LogP contribution in [0, 0.1) is 0 Å². The lowest BCUT2D eigenvalue weighted by atomic mass is 9.84. The Bertz CT molecular complexity index is 1460. The molecule has 3 aromatic rings. The lowest BCUT2D eigenvalue weighted by Gasteiger charge is -2.26. The SMILES string of the molecule is CCOc1ccc(/C(O)=C2/C(=O)C(=O)N(Cc3ccc(OC(C)(C)C)cc3)C2c2ccc(O)cc2)cc1C(C)(C)C. The number of Topliss-reactive ketones (excluding diaryl/α,β-unsaturated/α-hetero) is 1. The third-order valence-corrected chi connectivity index (χ3v) is 6.81. The van der Waals surface area contributed by atoms with Crippen LogP contribution >= 0.6 is 0 Å². The Labute approximate surface area is 242 Å². The Morgan fingerprint density at radius 2 is 1.54 bits per heavy atom. The van der Waals surface area contributed by atoms with E-state index in [1.807, 2.05) is 78.8 Å². The molecule has 1 aliphatic rings. The smallest absolute Gasteiger partial charge is 0.295 e. The molecule has 3 aromatic carbocycles. The fraction of sp³-hybridized carbons (Fsp3) is 0.353. The zero-order chi connectivity index (χ0) is 30.1. The van der Waals surface area contributed by atoms with Crippen LogP contribution in [0.1, 0.15) is 76.8 Å². The Morgan fingerprint density at radius 3 is 2.10 bits per heavy atom. The van der Waals surface area contributed by atoms with Gasteiger partial charge < -0.3 is 24.6 Å². The van der Waals surface area contributed by atoms with Gasteiger partial charge >= 0.3 is 0 Å². The van der Waals surface area contributed by atoms with Gasteiger partial charge in [-0.25, -0.2) is 0 Å². The molecular weight excluding hydrogens is 518 g/mol. The van der Waals surface area contributed by atoms with Crippen molar-refractivity contribution in [3.05, 3.63) is 94.6 Å². The highest BCUT2D eigenvalue weighted by Crippen LogP contribution is 2.42. The van der Waals surface area contributed by atoms with E-state index in [0.717, 1.165) is 11.1 Å². The van der Waals surface area contributed by atoms with Gasteiger partial charge in [-0.1, -0.05) is 45.0 Å². The lowest BCUT2D eigenvalue weighted by Crippen LogP contribution is -2.29. The van der Waals surface area contributed by atoms with Gasteiger partial charge in [-0.05, 0) is 86.7 Å². The summed E-state index contributed by atoms with van der Waals surface area (Å²) < 4.78 is 11.7. The van der Waals surface area contributed by atoms with Gasteiger partial charge in [0.15, 0.2) is 0 Å². The second-order valence-corrected chi connectivity index (χ2v) is 12.3. The molecule has 1 saturated heterocycles. The maximum absolute atomic E-state index is 13.5. The summed E-state index contributed by atoms with van der Waals surface area (Å²) in [6.45, 7) is 14.6. The highest BCUT2D eigenvalue weighted by Gasteiger charge is 2.46. The van der Waals surface area contributed by atoms with E-state index in [1.165, 1.54) is 17.0 Å². The van der Waals surface area contributed by atoms with Crippen LogP contribution in [0.3, 0.4) is 0 Å². The van der Waals surface area contributed by atoms with E-state index in [2.05, 4.69) is 0 Å². The van der Waals surface area contributed by atoms with Gasteiger partial charge in [-0.2, -0.15) is 0 Å². The number of aliphatic hydroxyl groups excluding tert-OH is 1. The van der Waals surface area contributed by atoms with Crippen molar-refractivity contribution < 1.29 is 29.3 Å². The number of phenols is 1. The number of hydrogen-bond donors (Lipinski definition) is 2. The molecule has 1 atom stereocenters. The molecule has 1 heterocycles. The predicted molar refractivity (Wildman–Crippen MR) is 159 cm³/mol. The molecule has 0 aliphatic carbocycles. The summed E-state index contributed by atoms with van der Waals surface area (Å²) in [5.74, 6) is -0.275. The molecule has 41 heavy (non-hydrogen) atoms. The summed E-state index contributed by atoms with van der Waals surface area (Å²) >= 11 is 0. The summed E-state index contributed by atoms with van der Waals surface area (Å²) in [6, 6.07) is 18.1. The third kappa shape index (κ3) is 6.56. The second kappa shape index (κ2) is 11.3. The predicted octanol–water partition coefficient (Wildman–Crippen LogP) is 6.89. The molecule has 1 unspecified atom stereocenters. The van der Waals surface area contributed by atoms with Crippen LogP contribution in [0.15, 0.2) is 72.3 Å². The van der Waals surface area contributed by atoms with Crippen LogP contribution < -0.4 is 9.47 Å². The summed E-state index contributed by atoms with van der Waals surface area (Å²) in [5, 5.41) is 21.5. The number of phenolic OH excluding ortho intramolecular Hbond substituents is 1. The number of nitrogens with zero attached hydrogens (tertiary/aromatic N) is 1. The molecule has 7 nitrogen and oxygen atoms in total. The standard InChI is InChI=1S/C34H39NO6/c1-8-40-27-18-13-23(19-26(27)33(2,3)4)30(37)28-29(22-11-14-24(36)15-12-22)35(32(39)31(28)38)20-21-9-16-25(17-10-21)41-34(5,6)7/h9-19,29,36-37H,8,20H2,1-7H3/b30-28-. The van der Waals surface area contributed by atoms with Crippen molar-refractivity contribution in [3.8, 4) is 17.2 Å². The highest BCUT2D eigenvalue weighted by molar-refractivity contribution is 6.46. The van der Waals surface area contributed by atoms with Gasteiger partial charge in [-0.15, -0.1) is 0 Å². The molecule has 2 N–H and O–H groups in total.